The lowest BCUT2D eigenvalue weighted by atomic mass is 9.72. The molecule has 0 aromatic heterocycles. The SMILES string of the molecule is CC(C)[C@@H]1CC[C@@]2(C)C(=O)CCC(C(=O)O)=C[C@@H]12. The van der Waals surface area contributed by atoms with E-state index in [9.17, 15) is 14.7 Å². The van der Waals surface area contributed by atoms with Crippen molar-refractivity contribution < 1.29 is 14.7 Å². The lowest BCUT2D eigenvalue weighted by Crippen LogP contribution is -2.32. The number of Topliss-reactive ketones (excluding diaryl/α,β-unsaturated/α-hetero) is 1. The van der Waals surface area contributed by atoms with Gasteiger partial charge in [-0.25, -0.2) is 4.79 Å². The van der Waals surface area contributed by atoms with E-state index in [0.29, 0.717) is 30.3 Å². The van der Waals surface area contributed by atoms with E-state index in [1.165, 1.54) is 0 Å². The number of ketones is 1. The van der Waals surface area contributed by atoms with E-state index >= 15 is 0 Å². The molecule has 0 aromatic carbocycles. The maximum Gasteiger partial charge on any atom is 0.331 e. The van der Waals surface area contributed by atoms with Crippen molar-refractivity contribution >= 4 is 11.8 Å². The summed E-state index contributed by atoms with van der Waals surface area (Å²) >= 11 is 0. The van der Waals surface area contributed by atoms with Crippen LogP contribution in [0.25, 0.3) is 0 Å². The lowest BCUT2D eigenvalue weighted by molar-refractivity contribution is -0.132. The predicted molar refractivity (Wildman–Crippen MR) is 69.1 cm³/mol. The van der Waals surface area contributed by atoms with E-state index in [0.717, 1.165) is 12.8 Å². The van der Waals surface area contributed by atoms with Gasteiger partial charge in [-0.05, 0) is 37.0 Å². The fourth-order valence-electron chi connectivity index (χ4n) is 3.68. The molecule has 1 saturated carbocycles. The molecule has 3 atom stereocenters. The molecule has 18 heavy (non-hydrogen) atoms. The standard InChI is InChI=1S/C15H22O3/c1-9(2)11-6-7-15(3)12(11)8-10(14(17)18)4-5-13(15)16/h8-9,11-12H,4-7H2,1-3H3,(H,17,18)/t11-,12-,15+/m0/s1. The molecule has 0 aliphatic heterocycles. The largest absolute Gasteiger partial charge is 0.478 e. The Bertz CT molecular complexity index is 408. The van der Waals surface area contributed by atoms with Gasteiger partial charge >= 0.3 is 5.97 Å². The lowest BCUT2D eigenvalue weighted by Gasteiger charge is -2.31. The molecule has 0 unspecified atom stereocenters. The van der Waals surface area contributed by atoms with E-state index in [-0.39, 0.29) is 17.1 Å². The first-order valence-corrected chi connectivity index (χ1v) is 6.83. The fourth-order valence-corrected chi connectivity index (χ4v) is 3.68. The summed E-state index contributed by atoms with van der Waals surface area (Å²) in [5, 5.41) is 9.20. The third kappa shape index (κ3) is 2.00. The minimum absolute atomic E-state index is 0.110. The zero-order chi connectivity index (χ0) is 13.5. The molecule has 100 valence electrons. The molecule has 0 amide bonds. The summed E-state index contributed by atoms with van der Waals surface area (Å²) < 4.78 is 0. The summed E-state index contributed by atoms with van der Waals surface area (Å²) in [7, 11) is 0. The second kappa shape index (κ2) is 4.52. The van der Waals surface area contributed by atoms with Crippen molar-refractivity contribution in [1.82, 2.24) is 0 Å². The second-order valence-corrected chi connectivity index (χ2v) is 6.31. The summed E-state index contributed by atoms with van der Waals surface area (Å²) in [4.78, 5) is 23.5. The molecular weight excluding hydrogens is 228 g/mol. The number of carboxylic acids is 1. The van der Waals surface area contributed by atoms with Crippen LogP contribution in [0, 0.1) is 23.2 Å². The maximum atomic E-state index is 12.3. The molecule has 0 heterocycles. The van der Waals surface area contributed by atoms with Crippen LogP contribution in [0.3, 0.4) is 0 Å². The molecule has 0 bridgehead atoms. The second-order valence-electron chi connectivity index (χ2n) is 6.31. The molecule has 2 aliphatic rings. The van der Waals surface area contributed by atoms with Gasteiger partial charge in [-0.15, -0.1) is 0 Å². The number of fused-ring (bicyclic) bond motifs is 1. The molecule has 1 N–H and O–H groups in total. The molecule has 0 aromatic rings. The van der Waals surface area contributed by atoms with Crippen molar-refractivity contribution in [3.05, 3.63) is 11.6 Å². The van der Waals surface area contributed by atoms with Gasteiger partial charge in [0.1, 0.15) is 5.78 Å². The average Bonchev–Trinajstić information content (AvgIpc) is 2.56. The summed E-state index contributed by atoms with van der Waals surface area (Å²) in [6.45, 7) is 6.36. The number of hydrogen-bond donors (Lipinski definition) is 1. The van der Waals surface area contributed by atoms with Crippen LogP contribution in [-0.2, 0) is 9.59 Å². The monoisotopic (exact) mass is 250 g/mol. The van der Waals surface area contributed by atoms with Gasteiger partial charge < -0.3 is 5.11 Å². The zero-order valence-electron chi connectivity index (χ0n) is 11.4. The van der Waals surface area contributed by atoms with Crippen LogP contribution in [-0.4, -0.2) is 16.9 Å². The molecule has 3 nitrogen and oxygen atoms in total. The Labute approximate surface area is 108 Å². The van der Waals surface area contributed by atoms with Crippen molar-refractivity contribution in [3.8, 4) is 0 Å². The highest BCUT2D eigenvalue weighted by molar-refractivity contribution is 5.92. The van der Waals surface area contributed by atoms with Crippen molar-refractivity contribution in [2.75, 3.05) is 0 Å². The molecule has 2 rings (SSSR count). The Morgan fingerprint density at radius 1 is 1.44 bits per heavy atom. The number of rotatable bonds is 2. The van der Waals surface area contributed by atoms with Gasteiger partial charge in [0.15, 0.2) is 0 Å². The van der Waals surface area contributed by atoms with Crippen molar-refractivity contribution in [3.63, 3.8) is 0 Å². The van der Waals surface area contributed by atoms with E-state index in [2.05, 4.69) is 13.8 Å². The van der Waals surface area contributed by atoms with Crippen LogP contribution < -0.4 is 0 Å². The van der Waals surface area contributed by atoms with Crippen LogP contribution in [0.5, 0.6) is 0 Å². The van der Waals surface area contributed by atoms with Gasteiger partial charge in [-0.1, -0.05) is 26.8 Å². The molecule has 2 aliphatic carbocycles. The summed E-state index contributed by atoms with van der Waals surface area (Å²) in [5.41, 5.74) is 0.108. The fraction of sp³-hybridized carbons (Fsp3) is 0.733. The maximum absolute atomic E-state index is 12.3. The van der Waals surface area contributed by atoms with Gasteiger partial charge in [0.25, 0.3) is 0 Å². The van der Waals surface area contributed by atoms with E-state index in [1.807, 2.05) is 13.0 Å². The molecule has 1 fully saturated rings. The van der Waals surface area contributed by atoms with Gasteiger partial charge in [0, 0.05) is 17.4 Å². The van der Waals surface area contributed by atoms with Gasteiger partial charge in [0.2, 0.25) is 0 Å². The minimum atomic E-state index is -0.860. The number of carboxylic acid groups (broad SMARTS) is 1. The highest BCUT2D eigenvalue weighted by Gasteiger charge is 2.50. The van der Waals surface area contributed by atoms with Crippen molar-refractivity contribution in [2.45, 2.75) is 46.5 Å². The van der Waals surface area contributed by atoms with Gasteiger partial charge in [-0.3, -0.25) is 4.79 Å². The number of allylic oxidation sites excluding steroid dienone is 1. The Morgan fingerprint density at radius 2 is 2.11 bits per heavy atom. The Hall–Kier alpha value is -1.12. The quantitative estimate of drug-likeness (QED) is 0.819. The third-order valence-electron chi connectivity index (χ3n) is 4.96. The van der Waals surface area contributed by atoms with Crippen LogP contribution >= 0.6 is 0 Å². The van der Waals surface area contributed by atoms with E-state index < -0.39 is 5.97 Å². The normalized spacial score (nSPS) is 36.2. The predicted octanol–water partition coefficient (Wildman–Crippen LogP) is 3.05. The number of hydrogen-bond acceptors (Lipinski definition) is 2. The van der Waals surface area contributed by atoms with Crippen molar-refractivity contribution in [1.29, 1.82) is 0 Å². The highest BCUT2D eigenvalue weighted by atomic mass is 16.4. The number of carbonyl (C=O) groups is 2. The number of aliphatic carboxylic acids is 1. The van der Waals surface area contributed by atoms with Crippen LogP contribution in [0.2, 0.25) is 0 Å². The highest BCUT2D eigenvalue weighted by Crippen LogP contribution is 2.53. The Balaban J connectivity index is 2.42. The zero-order valence-corrected chi connectivity index (χ0v) is 11.4. The first-order valence-electron chi connectivity index (χ1n) is 6.83. The van der Waals surface area contributed by atoms with E-state index in [1.54, 1.807) is 0 Å². The summed E-state index contributed by atoms with van der Waals surface area (Å²) in [6, 6.07) is 0. The topological polar surface area (TPSA) is 54.4 Å². The molecule has 3 heteroatoms. The van der Waals surface area contributed by atoms with Crippen molar-refractivity contribution in [2.24, 2.45) is 23.2 Å². The molecular formula is C15H22O3. The van der Waals surface area contributed by atoms with Crippen LogP contribution in [0.15, 0.2) is 11.6 Å². The third-order valence-corrected chi connectivity index (χ3v) is 4.96. The molecule has 0 spiro atoms. The smallest absolute Gasteiger partial charge is 0.331 e. The summed E-state index contributed by atoms with van der Waals surface area (Å²) in [5.74, 6) is 0.434. The Morgan fingerprint density at radius 3 is 2.67 bits per heavy atom. The minimum Gasteiger partial charge on any atom is -0.478 e. The first kappa shape index (κ1) is 13.3. The molecule has 0 radical (unpaired) electrons. The average molecular weight is 250 g/mol. The van der Waals surface area contributed by atoms with E-state index in [4.69, 9.17) is 0 Å². The van der Waals surface area contributed by atoms with Gasteiger partial charge in [-0.2, -0.15) is 0 Å². The number of carbonyl (C=O) groups excluding carboxylic acids is 1. The first-order chi connectivity index (χ1) is 8.36. The Kier molecular flexibility index (Phi) is 3.35. The van der Waals surface area contributed by atoms with Crippen LogP contribution in [0.1, 0.15) is 46.5 Å². The molecule has 0 saturated heterocycles. The summed E-state index contributed by atoms with van der Waals surface area (Å²) in [6.07, 6.45) is 4.61. The van der Waals surface area contributed by atoms with Gasteiger partial charge in [0.05, 0.1) is 0 Å². The van der Waals surface area contributed by atoms with Crippen LogP contribution in [0.4, 0.5) is 0 Å².